The second-order valence-electron chi connectivity index (χ2n) is 12.0. The van der Waals surface area contributed by atoms with Gasteiger partial charge in [0.1, 0.15) is 13.1 Å². The van der Waals surface area contributed by atoms with Gasteiger partial charge in [0.2, 0.25) is 0 Å². The molecule has 2 rings (SSSR count). The summed E-state index contributed by atoms with van der Waals surface area (Å²) in [5.41, 5.74) is -24.8. The number of alkyl halides is 12. The van der Waals surface area contributed by atoms with Gasteiger partial charge in [0.25, 0.3) is 0 Å². The van der Waals surface area contributed by atoms with Crippen molar-refractivity contribution in [1.29, 1.82) is 0 Å². The van der Waals surface area contributed by atoms with E-state index in [0.717, 1.165) is 21.5 Å². The van der Waals surface area contributed by atoms with E-state index in [0.29, 0.717) is 0 Å². The summed E-state index contributed by atoms with van der Waals surface area (Å²) in [7, 11) is -26.9. The van der Waals surface area contributed by atoms with Crippen LogP contribution < -0.4 is 0 Å². The van der Waals surface area contributed by atoms with Crippen LogP contribution >= 0.6 is 0 Å². The zero-order valence-electron chi connectivity index (χ0n) is 28.4. The lowest BCUT2D eigenvalue weighted by Gasteiger charge is -2.35. The Bertz CT molecular complexity index is 1360. The average Bonchev–Trinajstić information content (AvgIpc) is 3.63. The highest BCUT2D eigenvalue weighted by molar-refractivity contribution is 8.13. The van der Waals surface area contributed by atoms with Crippen LogP contribution in [0.3, 0.4) is 0 Å². The first-order valence-corrected chi connectivity index (χ1v) is 21.4. The normalized spacial score (nSPS) is 18.5. The number of hydrogen-bond acceptors (Lipinski definition) is 9. The quantitative estimate of drug-likeness (QED) is 0.103. The molecule has 0 radical (unpaired) electrons. The Labute approximate surface area is 300 Å². The Hall–Kier alpha value is -1.24. The van der Waals surface area contributed by atoms with Gasteiger partial charge in [0.15, 0.2) is 40.1 Å². The van der Waals surface area contributed by atoms with E-state index < -0.39 is 62.1 Å². The Morgan fingerprint density at radius 2 is 0.679 bits per heavy atom. The monoisotopic (exact) mass is 886 g/mol. The predicted octanol–water partition coefficient (Wildman–Crippen LogP) is 5.94. The summed E-state index contributed by atoms with van der Waals surface area (Å²) in [5.74, 6) is 0. The third-order valence-corrected chi connectivity index (χ3v) is 13.5. The number of unbranched alkanes of at least 4 members (excludes halogenated alkanes) is 2. The number of sulfonamides is 4. The van der Waals surface area contributed by atoms with Crippen molar-refractivity contribution < 1.29 is 100 Å². The number of ether oxygens (including phenoxy) is 1. The number of hydrogen-bond donors (Lipinski definition) is 0. The van der Waals surface area contributed by atoms with Gasteiger partial charge in [-0.05, 0) is 12.8 Å². The van der Waals surface area contributed by atoms with Crippen LogP contribution in [0.1, 0.15) is 65.2 Å². The smallest absolute Gasteiger partial charge is 0.421 e. The molecular weight excluding hydrogens is 845 g/mol. The fourth-order valence-corrected chi connectivity index (χ4v) is 8.58. The predicted molar refractivity (Wildman–Crippen MR) is 165 cm³/mol. The highest BCUT2D eigenvalue weighted by Crippen LogP contribution is 2.37. The molecule has 0 atom stereocenters. The van der Waals surface area contributed by atoms with Crippen LogP contribution in [0.25, 0.3) is 8.25 Å². The maximum atomic E-state index is 11.4. The molecule has 320 valence electrons. The molecule has 13 nitrogen and oxygen atoms in total. The Balaban J connectivity index is 0.000000799. The number of halogens is 12. The summed E-state index contributed by atoms with van der Waals surface area (Å²) >= 11 is 0. The van der Waals surface area contributed by atoms with Crippen LogP contribution in [0.5, 0.6) is 0 Å². The minimum absolute atomic E-state index is 0.778. The van der Waals surface area contributed by atoms with E-state index in [1.165, 1.54) is 113 Å². The highest BCUT2D eigenvalue weighted by Gasteiger charge is 2.48. The van der Waals surface area contributed by atoms with Gasteiger partial charge in [-0.25, -0.2) is 33.7 Å². The molecule has 0 unspecified atom stereocenters. The van der Waals surface area contributed by atoms with Gasteiger partial charge < -0.3 is 22.0 Å². The highest BCUT2D eigenvalue weighted by atomic mass is 32.3. The second kappa shape index (κ2) is 19.8. The van der Waals surface area contributed by atoms with Gasteiger partial charge in [0.05, 0.1) is 52.5 Å². The summed E-state index contributed by atoms with van der Waals surface area (Å²) in [5, 5.41) is 0. The van der Waals surface area contributed by atoms with Crippen LogP contribution in [0.4, 0.5) is 52.7 Å². The van der Waals surface area contributed by atoms with Crippen molar-refractivity contribution in [1.82, 2.24) is 0 Å². The molecule has 2 aliphatic heterocycles. The summed E-state index contributed by atoms with van der Waals surface area (Å²) in [6.45, 7) is 17.5. The molecule has 2 heterocycles. The summed E-state index contributed by atoms with van der Waals surface area (Å²) in [6, 6.07) is 0. The fraction of sp³-hybridized carbons (Fsp3) is 1.00. The standard InChI is InChI=1S/C20H42N2O.2C2F6NO4S2/c1-3-5-11-21(13-7-8-14-21)17-19-23-20-18-22(12-6-4-2)15-9-10-16-22;2*3-1(4,5)14(10,11)9-15(12,13)2(6,7)8/h3-20H2,1-2H3;;/q+2;2*-1. The van der Waals surface area contributed by atoms with Crippen molar-refractivity contribution in [3.8, 4) is 0 Å². The van der Waals surface area contributed by atoms with E-state index in [9.17, 15) is 86.4 Å². The molecule has 0 aliphatic carbocycles. The fourth-order valence-electron chi connectivity index (χ4n) is 5.16. The minimum Gasteiger partial charge on any atom is -0.421 e. The van der Waals surface area contributed by atoms with Crippen LogP contribution in [-0.2, 0) is 44.8 Å². The maximum Gasteiger partial charge on any atom is 0.480 e. The van der Waals surface area contributed by atoms with Crippen LogP contribution in [0.15, 0.2) is 0 Å². The van der Waals surface area contributed by atoms with Gasteiger partial charge in [-0.2, -0.15) is 52.7 Å². The third kappa shape index (κ3) is 16.8. The molecule has 0 spiro atoms. The SMILES string of the molecule is CCCC[N+]1(CCOCC[N+]2(CCCC)CCCC2)CCCC1.O=S(=O)([N-]S(=O)(=O)C(F)(F)F)C(F)(F)F.O=S(=O)([N-]S(=O)(=O)C(F)(F)F)C(F)(F)F. The van der Waals surface area contributed by atoms with E-state index >= 15 is 0 Å². The van der Waals surface area contributed by atoms with E-state index in [1.54, 1.807) is 0 Å². The van der Waals surface area contributed by atoms with E-state index in [1.807, 2.05) is 0 Å². The topological polar surface area (TPSA) is 174 Å². The Morgan fingerprint density at radius 1 is 0.453 bits per heavy atom. The average molecular weight is 887 g/mol. The molecule has 0 saturated carbocycles. The van der Waals surface area contributed by atoms with Gasteiger partial charge >= 0.3 is 22.0 Å². The molecule has 0 aromatic rings. The van der Waals surface area contributed by atoms with Gasteiger partial charge in [-0.1, -0.05) is 26.7 Å². The van der Waals surface area contributed by atoms with Crippen molar-refractivity contribution >= 4 is 40.1 Å². The van der Waals surface area contributed by atoms with Crippen LogP contribution in [-0.4, -0.2) is 130 Å². The molecule has 0 amide bonds. The number of nitrogens with zero attached hydrogens (tertiary/aromatic N) is 4. The minimum atomic E-state index is -6.72. The molecule has 0 bridgehead atoms. The van der Waals surface area contributed by atoms with Crippen molar-refractivity contribution in [2.24, 2.45) is 0 Å². The molecule has 0 aromatic carbocycles. The number of rotatable bonds is 16. The van der Waals surface area contributed by atoms with Gasteiger partial charge in [0, 0.05) is 25.7 Å². The zero-order chi connectivity index (χ0) is 41.8. The van der Waals surface area contributed by atoms with Crippen molar-refractivity contribution in [2.75, 3.05) is 65.6 Å². The Morgan fingerprint density at radius 3 is 0.868 bits per heavy atom. The van der Waals surface area contributed by atoms with Crippen LogP contribution in [0.2, 0.25) is 0 Å². The van der Waals surface area contributed by atoms with E-state index in [4.69, 9.17) is 4.74 Å². The number of likely N-dealkylation sites (tertiary alicyclic amines) is 2. The third-order valence-electron chi connectivity index (χ3n) is 7.98. The van der Waals surface area contributed by atoms with Crippen molar-refractivity contribution in [2.45, 2.75) is 87.2 Å². The zero-order valence-corrected chi connectivity index (χ0v) is 31.6. The molecule has 2 saturated heterocycles. The Kier molecular flexibility index (Phi) is 19.3. The number of quaternary nitrogens is 2. The lowest BCUT2D eigenvalue weighted by Crippen LogP contribution is -2.49. The summed E-state index contributed by atoms with van der Waals surface area (Å²) in [6.07, 6.45) is 11.2. The van der Waals surface area contributed by atoms with Gasteiger partial charge in [-0.15, -0.1) is 0 Å². The molecule has 0 aromatic heterocycles. The maximum absolute atomic E-state index is 11.4. The van der Waals surface area contributed by atoms with Gasteiger partial charge in [-0.3, -0.25) is 0 Å². The molecule has 2 fully saturated rings. The van der Waals surface area contributed by atoms with E-state index in [2.05, 4.69) is 13.8 Å². The second-order valence-corrected chi connectivity index (χ2v) is 18.9. The largest absolute Gasteiger partial charge is 0.480 e. The first-order valence-electron chi connectivity index (χ1n) is 15.7. The molecular formula is C24H42F12N4O9S4. The first kappa shape index (κ1) is 51.8. The van der Waals surface area contributed by atoms with Crippen LogP contribution in [0, 0.1) is 0 Å². The molecule has 0 N–H and O–H groups in total. The molecule has 53 heavy (non-hydrogen) atoms. The van der Waals surface area contributed by atoms with Crippen molar-refractivity contribution in [3.63, 3.8) is 0 Å². The molecule has 29 heteroatoms. The lowest BCUT2D eigenvalue weighted by molar-refractivity contribution is -0.920. The summed E-state index contributed by atoms with van der Waals surface area (Å²) < 4.78 is 227. The van der Waals surface area contributed by atoms with Crippen molar-refractivity contribution in [3.05, 3.63) is 8.25 Å². The van der Waals surface area contributed by atoms with E-state index in [-0.39, 0.29) is 0 Å². The lowest BCUT2D eigenvalue weighted by atomic mass is 10.2. The first-order chi connectivity index (χ1) is 23.7. The summed E-state index contributed by atoms with van der Waals surface area (Å²) in [4.78, 5) is 0. The molecule has 2 aliphatic rings.